The Balaban J connectivity index is 2.38. The monoisotopic (exact) mass is 300 g/mol. The average Bonchev–Trinajstić information content (AvgIpc) is 2.52. The summed E-state index contributed by atoms with van der Waals surface area (Å²) < 4.78 is 5.15. The highest BCUT2D eigenvalue weighted by molar-refractivity contribution is 6.05. The van der Waals surface area contributed by atoms with Crippen molar-refractivity contribution in [3.63, 3.8) is 0 Å². The van der Waals surface area contributed by atoms with E-state index in [9.17, 15) is 9.59 Å². The standard InChI is InChI=1S/C17H20N2O3/c1-4-13-11(3)16(12-8-6-7-9-14(12)19-13)17(21)22-10-15(20)18-5-2/h6-9H,4-5,10H2,1-3H3,(H,18,20). The third kappa shape index (κ3) is 3.24. The van der Waals surface area contributed by atoms with E-state index < -0.39 is 5.97 Å². The molecule has 0 aliphatic heterocycles. The molecule has 5 heteroatoms. The van der Waals surface area contributed by atoms with Crippen LogP contribution in [-0.2, 0) is 16.0 Å². The number of ether oxygens (including phenoxy) is 1. The van der Waals surface area contributed by atoms with Crippen molar-refractivity contribution in [3.05, 3.63) is 41.1 Å². The summed E-state index contributed by atoms with van der Waals surface area (Å²) in [5.41, 5.74) is 2.92. The van der Waals surface area contributed by atoms with E-state index in [-0.39, 0.29) is 12.5 Å². The summed E-state index contributed by atoms with van der Waals surface area (Å²) in [5, 5.41) is 3.35. The molecule has 0 saturated carbocycles. The maximum atomic E-state index is 12.4. The molecule has 0 radical (unpaired) electrons. The minimum absolute atomic E-state index is 0.274. The van der Waals surface area contributed by atoms with Crippen molar-refractivity contribution < 1.29 is 14.3 Å². The highest BCUT2D eigenvalue weighted by Crippen LogP contribution is 2.24. The summed E-state index contributed by atoms with van der Waals surface area (Å²) in [6.07, 6.45) is 0.729. The van der Waals surface area contributed by atoms with E-state index >= 15 is 0 Å². The number of hydrogen-bond donors (Lipinski definition) is 1. The van der Waals surface area contributed by atoms with Gasteiger partial charge in [0, 0.05) is 17.6 Å². The van der Waals surface area contributed by atoms with Crippen LogP contribution in [0.25, 0.3) is 10.9 Å². The zero-order chi connectivity index (χ0) is 16.1. The fourth-order valence-electron chi connectivity index (χ4n) is 2.42. The van der Waals surface area contributed by atoms with E-state index in [2.05, 4.69) is 10.3 Å². The Morgan fingerprint density at radius 1 is 1.23 bits per heavy atom. The third-order valence-corrected chi connectivity index (χ3v) is 3.48. The number of aryl methyl sites for hydroxylation is 1. The molecule has 1 amide bonds. The molecule has 116 valence electrons. The number of carbonyl (C=O) groups excluding carboxylic acids is 2. The molecule has 5 nitrogen and oxygen atoms in total. The van der Waals surface area contributed by atoms with Crippen LogP contribution in [-0.4, -0.2) is 30.0 Å². The van der Waals surface area contributed by atoms with Gasteiger partial charge in [0.25, 0.3) is 5.91 Å². The van der Waals surface area contributed by atoms with Gasteiger partial charge in [-0.15, -0.1) is 0 Å². The van der Waals surface area contributed by atoms with Crippen LogP contribution in [0.3, 0.4) is 0 Å². The zero-order valence-corrected chi connectivity index (χ0v) is 13.1. The number of pyridine rings is 1. The Morgan fingerprint density at radius 2 is 1.95 bits per heavy atom. The molecule has 0 bridgehead atoms. The van der Waals surface area contributed by atoms with Gasteiger partial charge in [-0.05, 0) is 31.9 Å². The number of amides is 1. The zero-order valence-electron chi connectivity index (χ0n) is 13.1. The first kappa shape index (κ1) is 15.9. The van der Waals surface area contributed by atoms with Gasteiger partial charge in [-0.25, -0.2) is 4.79 Å². The first-order chi connectivity index (χ1) is 10.6. The predicted molar refractivity (Wildman–Crippen MR) is 84.8 cm³/mol. The molecule has 1 heterocycles. The minimum atomic E-state index is -0.489. The van der Waals surface area contributed by atoms with Crippen LogP contribution in [0, 0.1) is 6.92 Å². The van der Waals surface area contributed by atoms with Gasteiger partial charge >= 0.3 is 5.97 Å². The maximum Gasteiger partial charge on any atom is 0.339 e. The second-order valence-corrected chi connectivity index (χ2v) is 4.96. The van der Waals surface area contributed by atoms with E-state index in [0.717, 1.165) is 28.6 Å². The van der Waals surface area contributed by atoms with Crippen molar-refractivity contribution in [2.45, 2.75) is 27.2 Å². The Kier molecular flexibility index (Phi) is 5.09. The molecule has 0 aliphatic carbocycles. The van der Waals surface area contributed by atoms with Crippen molar-refractivity contribution in [2.75, 3.05) is 13.2 Å². The Labute approximate surface area is 129 Å². The summed E-state index contributed by atoms with van der Waals surface area (Å²) in [5.74, 6) is -0.792. The van der Waals surface area contributed by atoms with Crippen LogP contribution in [0.5, 0.6) is 0 Å². The van der Waals surface area contributed by atoms with E-state index in [4.69, 9.17) is 4.74 Å². The number of rotatable bonds is 5. The molecule has 1 N–H and O–H groups in total. The van der Waals surface area contributed by atoms with Crippen molar-refractivity contribution in [3.8, 4) is 0 Å². The number of esters is 1. The molecule has 0 unspecified atom stereocenters. The highest BCUT2D eigenvalue weighted by Gasteiger charge is 2.19. The quantitative estimate of drug-likeness (QED) is 0.861. The highest BCUT2D eigenvalue weighted by atomic mass is 16.5. The lowest BCUT2D eigenvalue weighted by Gasteiger charge is -2.13. The molecule has 0 spiro atoms. The minimum Gasteiger partial charge on any atom is -0.452 e. The average molecular weight is 300 g/mol. The Hall–Kier alpha value is -2.43. The topological polar surface area (TPSA) is 68.3 Å². The van der Waals surface area contributed by atoms with E-state index in [1.54, 1.807) is 0 Å². The first-order valence-corrected chi connectivity index (χ1v) is 7.40. The number of likely N-dealkylation sites (N-methyl/N-ethyl adjacent to an activating group) is 1. The molecule has 0 aliphatic rings. The fraction of sp³-hybridized carbons (Fsp3) is 0.353. The van der Waals surface area contributed by atoms with Crippen molar-refractivity contribution in [1.29, 1.82) is 0 Å². The molecule has 1 aromatic heterocycles. The van der Waals surface area contributed by atoms with Crippen molar-refractivity contribution >= 4 is 22.8 Å². The maximum absolute atomic E-state index is 12.4. The molecule has 2 aromatic rings. The van der Waals surface area contributed by atoms with Crippen LogP contribution in [0.15, 0.2) is 24.3 Å². The number of nitrogens with zero attached hydrogens (tertiary/aromatic N) is 1. The van der Waals surface area contributed by atoms with Gasteiger partial charge in [0.1, 0.15) is 0 Å². The predicted octanol–water partition coefficient (Wildman–Crippen LogP) is 2.40. The summed E-state index contributed by atoms with van der Waals surface area (Å²) in [6.45, 7) is 5.90. The number of para-hydroxylation sites is 1. The molecule has 0 fully saturated rings. The number of nitrogens with one attached hydrogen (secondary N) is 1. The molecular formula is C17H20N2O3. The van der Waals surface area contributed by atoms with Gasteiger partial charge in [0.15, 0.2) is 6.61 Å². The SMILES string of the molecule is CCNC(=O)COC(=O)c1c(C)c(CC)nc2ccccc12. The number of hydrogen-bond acceptors (Lipinski definition) is 4. The molecular weight excluding hydrogens is 280 g/mol. The number of benzene rings is 1. The summed E-state index contributed by atoms with van der Waals surface area (Å²) >= 11 is 0. The summed E-state index contributed by atoms with van der Waals surface area (Å²) in [7, 11) is 0. The molecule has 2 rings (SSSR count). The smallest absolute Gasteiger partial charge is 0.339 e. The van der Waals surface area contributed by atoms with E-state index in [0.29, 0.717) is 12.1 Å². The van der Waals surface area contributed by atoms with Crippen LogP contribution >= 0.6 is 0 Å². The fourth-order valence-corrected chi connectivity index (χ4v) is 2.42. The van der Waals surface area contributed by atoms with Gasteiger partial charge in [-0.1, -0.05) is 25.1 Å². The number of aromatic nitrogens is 1. The Bertz CT molecular complexity index is 710. The largest absolute Gasteiger partial charge is 0.452 e. The Morgan fingerprint density at radius 3 is 2.64 bits per heavy atom. The second kappa shape index (κ2) is 7.02. The molecule has 1 aromatic carbocycles. The van der Waals surface area contributed by atoms with Crippen LogP contribution in [0.4, 0.5) is 0 Å². The van der Waals surface area contributed by atoms with Crippen LogP contribution in [0.1, 0.15) is 35.5 Å². The summed E-state index contributed by atoms with van der Waals surface area (Å²) in [4.78, 5) is 28.5. The van der Waals surface area contributed by atoms with Crippen LogP contribution in [0.2, 0.25) is 0 Å². The van der Waals surface area contributed by atoms with Gasteiger partial charge in [-0.2, -0.15) is 0 Å². The molecule has 22 heavy (non-hydrogen) atoms. The van der Waals surface area contributed by atoms with E-state index in [1.807, 2.05) is 45.0 Å². The lowest BCUT2D eigenvalue weighted by molar-refractivity contribution is -0.124. The number of fused-ring (bicyclic) bond motifs is 1. The second-order valence-electron chi connectivity index (χ2n) is 4.96. The summed E-state index contributed by atoms with van der Waals surface area (Å²) in [6, 6.07) is 7.45. The first-order valence-electron chi connectivity index (χ1n) is 7.40. The van der Waals surface area contributed by atoms with E-state index in [1.165, 1.54) is 0 Å². The lowest BCUT2D eigenvalue weighted by Crippen LogP contribution is -2.28. The third-order valence-electron chi connectivity index (χ3n) is 3.48. The normalized spacial score (nSPS) is 10.5. The van der Waals surface area contributed by atoms with Gasteiger partial charge < -0.3 is 10.1 Å². The molecule has 0 atom stereocenters. The van der Waals surface area contributed by atoms with Gasteiger partial charge in [-0.3, -0.25) is 9.78 Å². The van der Waals surface area contributed by atoms with Crippen molar-refractivity contribution in [2.24, 2.45) is 0 Å². The van der Waals surface area contributed by atoms with Crippen molar-refractivity contribution in [1.82, 2.24) is 10.3 Å². The van der Waals surface area contributed by atoms with Gasteiger partial charge in [0.2, 0.25) is 0 Å². The lowest BCUT2D eigenvalue weighted by atomic mass is 10.0. The van der Waals surface area contributed by atoms with Crippen LogP contribution < -0.4 is 5.32 Å². The number of carbonyl (C=O) groups is 2. The van der Waals surface area contributed by atoms with Gasteiger partial charge in [0.05, 0.1) is 11.1 Å². The molecule has 0 saturated heterocycles.